The standard InChI is InChI=1S/C37H60O8/c1-10-11-12-25(17-19-35(3,4)43-23-40-7)24(2)29-15-16-30-28-14-13-26-21-27(44-33(38)41-8)22-32(45-34(39)42-9)37(26,6)31(28)18-20-36(29,30)5/h13-14,24-25,27,29-32H,10-12,15-23H2,1-9H3/t24-,25-,27+,29+,30-,31?,32-,36+,37-/m0/s1. The van der Waals surface area contributed by atoms with Crippen LogP contribution in [-0.2, 0) is 28.4 Å². The number of methoxy groups -OCH3 is 3. The van der Waals surface area contributed by atoms with Gasteiger partial charge >= 0.3 is 12.3 Å². The van der Waals surface area contributed by atoms with E-state index in [2.05, 4.69) is 53.7 Å². The van der Waals surface area contributed by atoms with E-state index in [0.29, 0.717) is 43.3 Å². The lowest BCUT2D eigenvalue weighted by Gasteiger charge is -2.57. The van der Waals surface area contributed by atoms with Crippen molar-refractivity contribution < 1.29 is 38.0 Å². The third kappa shape index (κ3) is 7.42. The van der Waals surface area contributed by atoms with Crippen molar-refractivity contribution in [1.82, 2.24) is 0 Å². The summed E-state index contributed by atoms with van der Waals surface area (Å²) in [7, 11) is 4.33. The van der Waals surface area contributed by atoms with Crippen LogP contribution in [0, 0.1) is 40.4 Å². The van der Waals surface area contributed by atoms with Crippen molar-refractivity contribution in [3.05, 3.63) is 23.3 Å². The lowest BCUT2D eigenvalue weighted by atomic mass is 9.49. The minimum absolute atomic E-state index is 0.198. The highest BCUT2D eigenvalue weighted by Crippen LogP contribution is 2.67. The van der Waals surface area contributed by atoms with E-state index in [9.17, 15) is 9.59 Å². The first-order valence-corrected chi connectivity index (χ1v) is 17.4. The molecule has 0 aromatic heterocycles. The van der Waals surface area contributed by atoms with Crippen molar-refractivity contribution in [3.63, 3.8) is 0 Å². The van der Waals surface area contributed by atoms with Gasteiger partial charge in [-0.15, -0.1) is 0 Å². The second-order valence-corrected chi connectivity index (χ2v) is 15.3. The Labute approximate surface area is 271 Å². The number of rotatable bonds is 13. The highest BCUT2D eigenvalue weighted by atomic mass is 16.7. The maximum Gasteiger partial charge on any atom is 0.508 e. The molecule has 0 heterocycles. The van der Waals surface area contributed by atoms with Gasteiger partial charge in [0.15, 0.2) is 0 Å². The van der Waals surface area contributed by atoms with Crippen LogP contribution >= 0.6 is 0 Å². The molecule has 0 aromatic rings. The number of carbonyl (C=O) groups is 2. The summed E-state index contributed by atoms with van der Waals surface area (Å²) in [6.07, 6.45) is 14.0. The lowest BCUT2D eigenvalue weighted by molar-refractivity contribution is -0.120. The van der Waals surface area contributed by atoms with Crippen LogP contribution in [0.2, 0.25) is 0 Å². The number of unbranched alkanes of at least 4 members (excludes halogenated alkanes) is 1. The van der Waals surface area contributed by atoms with Crippen molar-refractivity contribution in [3.8, 4) is 0 Å². The topological polar surface area (TPSA) is 89.5 Å². The highest BCUT2D eigenvalue weighted by Gasteiger charge is 2.60. The second kappa shape index (κ2) is 14.8. The van der Waals surface area contributed by atoms with Crippen LogP contribution in [-0.4, -0.2) is 58.2 Å². The van der Waals surface area contributed by atoms with Gasteiger partial charge in [-0.2, -0.15) is 0 Å². The molecule has 0 aliphatic heterocycles. The zero-order valence-electron chi connectivity index (χ0n) is 29.4. The molecule has 0 spiro atoms. The average Bonchev–Trinajstić information content (AvgIpc) is 3.37. The number of allylic oxidation sites excluding steroid dienone is 3. The molecule has 45 heavy (non-hydrogen) atoms. The van der Waals surface area contributed by atoms with Crippen molar-refractivity contribution in [2.75, 3.05) is 28.1 Å². The number of ether oxygens (including phenoxy) is 6. The zero-order valence-corrected chi connectivity index (χ0v) is 29.4. The normalized spacial score (nSPS) is 33.8. The minimum Gasteiger partial charge on any atom is -0.438 e. The molecule has 0 radical (unpaired) electrons. The third-order valence-electron chi connectivity index (χ3n) is 12.5. The quantitative estimate of drug-likeness (QED) is 0.147. The first-order chi connectivity index (χ1) is 21.3. The molecule has 1 unspecified atom stereocenters. The first kappa shape index (κ1) is 35.8. The molecular formula is C37H60O8. The Hall–Kier alpha value is -2.06. The van der Waals surface area contributed by atoms with E-state index >= 15 is 0 Å². The molecule has 8 nitrogen and oxygen atoms in total. The SMILES string of the molecule is CCCC[C@@H](CCC(C)(C)OCOC)[C@H](C)[C@H]1CC[C@H]2C3=CC=C4C[C@@H](OC(=O)OC)C[C@H](OC(=O)OC)[C@]4(C)C3CC[C@]12C. The molecule has 4 rings (SSSR count). The van der Waals surface area contributed by atoms with Crippen LogP contribution in [0.5, 0.6) is 0 Å². The van der Waals surface area contributed by atoms with Gasteiger partial charge in [-0.3, -0.25) is 0 Å². The fourth-order valence-corrected chi connectivity index (χ4v) is 9.81. The van der Waals surface area contributed by atoms with Crippen LogP contribution in [0.25, 0.3) is 0 Å². The molecule has 4 aliphatic carbocycles. The average molecular weight is 633 g/mol. The molecule has 0 bridgehead atoms. The van der Waals surface area contributed by atoms with E-state index in [1.807, 2.05) is 0 Å². The Morgan fingerprint density at radius 1 is 0.978 bits per heavy atom. The summed E-state index contributed by atoms with van der Waals surface area (Å²) in [6, 6.07) is 0. The Balaban J connectivity index is 1.58. The Morgan fingerprint density at radius 2 is 1.69 bits per heavy atom. The van der Waals surface area contributed by atoms with Crippen molar-refractivity contribution in [2.45, 2.75) is 130 Å². The van der Waals surface area contributed by atoms with Crippen LogP contribution < -0.4 is 0 Å². The van der Waals surface area contributed by atoms with Crippen LogP contribution in [0.15, 0.2) is 23.3 Å². The molecule has 0 N–H and O–H groups in total. The smallest absolute Gasteiger partial charge is 0.438 e. The highest BCUT2D eigenvalue weighted by molar-refractivity contribution is 5.61. The van der Waals surface area contributed by atoms with Gasteiger partial charge in [0.05, 0.1) is 19.8 Å². The van der Waals surface area contributed by atoms with E-state index in [-0.39, 0.29) is 22.3 Å². The summed E-state index contributed by atoms with van der Waals surface area (Å²) in [5, 5.41) is 0. The third-order valence-corrected chi connectivity index (χ3v) is 12.5. The number of carbonyl (C=O) groups excluding carboxylic acids is 2. The monoisotopic (exact) mass is 632 g/mol. The maximum atomic E-state index is 12.5. The summed E-state index contributed by atoms with van der Waals surface area (Å²) in [6.45, 7) is 14.4. The molecule has 0 aromatic carbocycles. The van der Waals surface area contributed by atoms with Gasteiger partial charge in [0.1, 0.15) is 19.0 Å². The Morgan fingerprint density at radius 3 is 2.36 bits per heavy atom. The van der Waals surface area contributed by atoms with Gasteiger partial charge in [-0.1, -0.05) is 70.3 Å². The molecular weight excluding hydrogens is 572 g/mol. The maximum absolute atomic E-state index is 12.5. The first-order valence-electron chi connectivity index (χ1n) is 17.4. The van der Waals surface area contributed by atoms with E-state index in [1.165, 1.54) is 63.9 Å². The zero-order chi connectivity index (χ0) is 33.0. The molecule has 4 aliphatic rings. The molecule has 0 saturated heterocycles. The largest absolute Gasteiger partial charge is 0.508 e. The summed E-state index contributed by atoms with van der Waals surface area (Å²) in [4.78, 5) is 24.5. The van der Waals surface area contributed by atoms with Gasteiger partial charge in [0.25, 0.3) is 0 Å². The van der Waals surface area contributed by atoms with E-state index < -0.39 is 24.5 Å². The number of hydrogen-bond acceptors (Lipinski definition) is 8. The summed E-state index contributed by atoms with van der Waals surface area (Å²) in [5.74, 6) is 2.75. The predicted molar refractivity (Wildman–Crippen MR) is 174 cm³/mol. The fraction of sp³-hybridized carbons (Fsp3) is 0.838. The van der Waals surface area contributed by atoms with Crippen LogP contribution in [0.4, 0.5) is 9.59 Å². The van der Waals surface area contributed by atoms with Crippen molar-refractivity contribution in [1.29, 1.82) is 0 Å². The Bertz CT molecular complexity index is 1100. The number of hydrogen-bond donors (Lipinski definition) is 0. The number of fused-ring (bicyclic) bond motifs is 5. The molecule has 3 fully saturated rings. The van der Waals surface area contributed by atoms with E-state index in [4.69, 9.17) is 28.4 Å². The van der Waals surface area contributed by atoms with Gasteiger partial charge < -0.3 is 28.4 Å². The molecule has 9 atom stereocenters. The molecule has 3 saturated carbocycles. The van der Waals surface area contributed by atoms with Gasteiger partial charge in [-0.05, 0) is 87.4 Å². The summed E-state index contributed by atoms with van der Waals surface area (Å²) >= 11 is 0. The van der Waals surface area contributed by atoms with Gasteiger partial charge in [0.2, 0.25) is 0 Å². The van der Waals surface area contributed by atoms with Crippen molar-refractivity contribution in [2.24, 2.45) is 40.4 Å². The molecule has 256 valence electrons. The van der Waals surface area contributed by atoms with Gasteiger partial charge in [-0.25, -0.2) is 9.59 Å². The van der Waals surface area contributed by atoms with E-state index in [0.717, 1.165) is 19.3 Å². The predicted octanol–water partition coefficient (Wildman–Crippen LogP) is 9.02. The molecule has 0 amide bonds. The summed E-state index contributed by atoms with van der Waals surface area (Å²) in [5.41, 5.74) is 2.36. The second-order valence-electron chi connectivity index (χ2n) is 15.3. The van der Waals surface area contributed by atoms with Crippen LogP contribution in [0.3, 0.4) is 0 Å². The van der Waals surface area contributed by atoms with E-state index in [1.54, 1.807) is 7.11 Å². The Kier molecular flexibility index (Phi) is 11.8. The van der Waals surface area contributed by atoms with Crippen molar-refractivity contribution >= 4 is 12.3 Å². The lowest BCUT2D eigenvalue weighted by Crippen LogP contribution is -2.54. The fourth-order valence-electron chi connectivity index (χ4n) is 9.81. The molecule has 8 heteroatoms. The minimum atomic E-state index is -0.712. The van der Waals surface area contributed by atoms with Crippen LogP contribution in [0.1, 0.15) is 112 Å². The summed E-state index contributed by atoms with van der Waals surface area (Å²) < 4.78 is 32.5. The van der Waals surface area contributed by atoms with Gasteiger partial charge in [0, 0.05) is 25.4 Å².